The number of hydrogen-bond donors (Lipinski definition) is 3. The first-order valence-corrected chi connectivity index (χ1v) is 11.6. The van der Waals surface area contributed by atoms with Crippen molar-refractivity contribution in [3.63, 3.8) is 0 Å². The topological polar surface area (TPSA) is 91.9 Å². The van der Waals surface area contributed by atoms with Crippen LogP contribution in [-0.2, 0) is 6.54 Å². The van der Waals surface area contributed by atoms with Crippen LogP contribution >= 0.6 is 0 Å². The molecule has 0 unspecified atom stereocenters. The molecule has 0 bridgehead atoms. The average molecular weight is 456 g/mol. The summed E-state index contributed by atoms with van der Waals surface area (Å²) in [4.78, 5) is 33.6. The quantitative estimate of drug-likeness (QED) is 0.402. The number of hydrogen-bond acceptors (Lipinski definition) is 4. The molecule has 0 radical (unpaired) electrons. The Morgan fingerprint density at radius 3 is 2.47 bits per heavy atom. The van der Waals surface area contributed by atoms with Crippen LogP contribution in [0.4, 0.5) is 0 Å². The fraction of sp³-hybridized carbons (Fsp3) is 0.222. The van der Waals surface area contributed by atoms with Crippen LogP contribution < -0.4 is 16.1 Å². The number of nitrogens with one attached hydrogen (secondary N) is 2. The first-order valence-electron chi connectivity index (χ1n) is 11.6. The van der Waals surface area contributed by atoms with Gasteiger partial charge in [-0.3, -0.25) is 14.8 Å². The van der Waals surface area contributed by atoms with E-state index in [0.29, 0.717) is 5.69 Å². The molecule has 3 N–H and O–H groups in total. The monoisotopic (exact) mass is 455 g/mol. The van der Waals surface area contributed by atoms with Crippen molar-refractivity contribution in [3.8, 4) is 11.6 Å². The van der Waals surface area contributed by atoms with Gasteiger partial charge in [-0.05, 0) is 11.5 Å². The van der Waals surface area contributed by atoms with E-state index in [2.05, 4.69) is 34.2 Å². The molecule has 1 saturated heterocycles. The van der Waals surface area contributed by atoms with Crippen molar-refractivity contribution in [2.24, 2.45) is 4.99 Å². The van der Waals surface area contributed by atoms with Gasteiger partial charge in [-0.25, -0.2) is 9.36 Å². The Kier molecular flexibility index (Phi) is 6.10. The fourth-order valence-electron chi connectivity index (χ4n) is 4.68. The van der Waals surface area contributed by atoms with Gasteiger partial charge in [-0.2, -0.15) is 0 Å². The lowest BCUT2D eigenvalue weighted by Gasteiger charge is -2.27. The Hall–Kier alpha value is -3.97. The minimum absolute atomic E-state index is 0.00778. The summed E-state index contributed by atoms with van der Waals surface area (Å²) in [7, 11) is 0. The Morgan fingerprint density at radius 1 is 0.971 bits per heavy atom. The fourth-order valence-corrected chi connectivity index (χ4v) is 4.68. The summed E-state index contributed by atoms with van der Waals surface area (Å²) in [6.45, 7) is 2.98. The van der Waals surface area contributed by atoms with Crippen LogP contribution in [0.2, 0.25) is 0 Å². The first-order chi connectivity index (χ1) is 16.6. The Morgan fingerprint density at radius 2 is 1.68 bits per heavy atom. The lowest BCUT2D eigenvalue weighted by molar-refractivity contribution is -0.918. The Labute approximate surface area is 196 Å². The molecule has 3 aromatic carbocycles. The van der Waals surface area contributed by atoms with Crippen LogP contribution in [0.1, 0.15) is 24.0 Å². The van der Waals surface area contributed by atoms with Crippen molar-refractivity contribution in [2.45, 2.75) is 25.4 Å². The number of fused-ring (bicyclic) bond motifs is 1. The van der Waals surface area contributed by atoms with Gasteiger partial charge in [-0.15, -0.1) is 0 Å². The summed E-state index contributed by atoms with van der Waals surface area (Å²) >= 11 is 0. The van der Waals surface area contributed by atoms with Crippen molar-refractivity contribution >= 4 is 17.0 Å². The van der Waals surface area contributed by atoms with E-state index >= 15 is 0 Å². The molecule has 1 fully saturated rings. The molecular formula is C27H27N4O3+. The molecule has 4 aromatic rings. The SMILES string of the molecule is O=c1[nH]c(=O)n(-c2cccc3ccccc23)c(O)c1C=NC1CC[NH+](Cc2ccccc2)CC1. The van der Waals surface area contributed by atoms with E-state index in [1.54, 1.807) is 6.07 Å². The summed E-state index contributed by atoms with van der Waals surface area (Å²) < 4.78 is 1.14. The predicted octanol–water partition coefficient (Wildman–Crippen LogP) is 2.05. The number of likely N-dealkylation sites (tertiary alicyclic amines) is 1. The van der Waals surface area contributed by atoms with Crippen LogP contribution in [0.3, 0.4) is 0 Å². The Balaban J connectivity index is 1.38. The lowest BCUT2D eigenvalue weighted by Crippen LogP contribution is -3.12. The Bertz CT molecular complexity index is 1440. The standard InChI is InChI=1S/C27H26N4O3/c32-25-23(17-28-21-13-15-30(16-14-21)18-19-7-2-1-3-8-19)26(33)31(27(34)29-25)24-12-6-10-20-9-4-5-11-22(20)24/h1-12,17,21,33H,13-16,18H2,(H,29,32,34)/p+1. The molecular weight excluding hydrogens is 428 g/mol. The van der Waals surface area contributed by atoms with E-state index < -0.39 is 17.1 Å². The van der Waals surface area contributed by atoms with Crippen molar-refractivity contribution in [1.29, 1.82) is 0 Å². The number of piperidine rings is 1. The molecule has 2 heterocycles. The molecule has 172 valence electrons. The molecule has 0 aliphatic carbocycles. The van der Waals surface area contributed by atoms with Crippen molar-refractivity contribution in [2.75, 3.05) is 13.1 Å². The van der Waals surface area contributed by atoms with E-state index in [0.717, 1.165) is 47.8 Å². The molecule has 1 aromatic heterocycles. The van der Waals surface area contributed by atoms with Gasteiger partial charge < -0.3 is 10.0 Å². The van der Waals surface area contributed by atoms with Gasteiger partial charge in [0.05, 0.1) is 24.8 Å². The molecule has 5 rings (SSSR count). The maximum Gasteiger partial charge on any atom is 0.335 e. The van der Waals surface area contributed by atoms with Crippen molar-refractivity contribution in [1.82, 2.24) is 9.55 Å². The van der Waals surface area contributed by atoms with Crippen LogP contribution in [0.5, 0.6) is 5.88 Å². The van der Waals surface area contributed by atoms with Crippen LogP contribution in [-0.4, -0.2) is 40.0 Å². The summed E-state index contributed by atoms with van der Waals surface area (Å²) in [6.07, 6.45) is 3.22. The lowest BCUT2D eigenvalue weighted by atomic mass is 10.0. The van der Waals surface area contributed by atoms with Gasteiger partial charge in [-0.1, -0.05) is 66.7 Å². The molecule has 1 aliphatic heterocycles. The summed E-state index contributed by atoms with van der Waals surface area (Å²) in [6, 6.07) is 23.6. The normalized spacial score (nSPS) is 18.5. The zero-order valence-corrected chi connectivity index (χ0v) is 18.8. The molecule has 34 heavy (non-hydrogen) atoms. The number of aromatic amines is 1. The van der Waals surface area contributed by atoms with E-state index in [1.165, 1.54) is 16.7 Å². The number of benzene rings is 3. The number of aromatic hydroxyl groups is 1. The third-order valence-corrected chi connectivity index (χ3v) is 6.50. The average Bonchev–Trinajstić information content (AvgIpc) is 2.85. The molecule has 0 amide bonds. The highest BCUT2D eigenvalue weighted by atomic mass is 16.3. The smallest absolute Gasteiger partial charge is 0.335 e. The number of aromatic nitrogens is 2. The highest BCUT2D eigenvalue weighted by Crippen LogP contribution is 2.24. The third kappa shape index (κ3) is 4.43. The maximum absolute atomic E-state index is 12.6. The van der Waals surface area contributed by atoms with Crippen LogP contribution in [0.15, 0.2) is 87.4 Å². The van der Waals surface area contributed by atoms with Crippen molar-refractivity contribution in [3.05, 3.63) is 105 Å². The number of nitrogens with zero attached hydrogens (tertiary/aromatic N) is 2. The first kappa shape index (κ1) is 21.9. The zero-order chi connectivity index (χ0) is 23.5. The van der Waals surface area contributed by atoms with Gasteiger partial charge in [0, 0.05) is 30.0 Å². The van der Waals surface area contributed by atoms with E-state index in [1.807, 2.05) is 42.5 Å². The van der Waals surface area contributed by atoms with E-state index in [4.69, 9.17) is 0 Å². The van der Waals surface area contributed by atoms with E-state index in [-0.39, 0.29) is 11.6 Å². The van der Waals surface area contributed by atoms with E-state index in [9.17, 15) is 14.7 Å². The minimum Gasteiger partial charge on any atom is -0.493 e. The minimum atomic E-state index is -0.686. The van der Waals surface area contributed by atoms with Gasteiger partial charge >= 0.3 is 5.69 Å². The molecule has 7 nitrogen and oxygen atoms in total. The highest BCUT2D eigenvalue weighted by molar-refractivity contribution is 5.91. The van der Waals surface area contributed by atoms with Gasteiger partial charge in [0.1, 0.15) is 12.1 Å². The molecule has 0 atom stereocenters. The third-order valence-electron chi connectivity index (χ3n) is 6.50. The second-order valence-electron chi connectivity index (χ2n) is 8.75. The second kappa shape index (κ2) is 9.49. The number of rotatable bonds is 5. The summed E-state index contributed by atoms with van der Waals surface area (Å²) in [5, 5.41) is 12.7. The van der Waals surface area contributed by atoms with Gasteiger partial charge in [0.25, 0.3) is 5.56 Å². The van der Waals surface area contributed by atoms with Crippen LogP contribution in [0, 0.1) is 0 Å². The number of aliphatic imine (C=N–C) groups is 1. The largest absolute Gasteiger partial charge is 0.493 e. The van der Waals surface area contributed by atoms with Crippen LogP contribution in [0.25, 0.3) is 16.5 Å². The van der Waals surface area contributed by atoms with Gasteiger partial charge in [0.2, 0.25) is 5.88 Å². The number of H-pyrrole nitrogens is 1. The van der Waals surface area contributed by atoms with Gasteiger partial charge in [0.15, 0.2) is 0 Å². The predicted molar refractivity (Wildman–Crippen MR) is 133 cm³/mol. The zero-order valence-electron chi connectivity index (χ0n) is 18.8. The van der Waals surface area contributed by atoms with Crippen molar-refractivity contribution < 1.29 is 10.0 Å². The number of quaternary nitrogens is 1. The summed E-state index contributed by atoms with van der Waals surface area (Å²) in [5.41, 5.74) is 0.492. The highest BCUT2D eigenvalue weighted by Gasteiger charge is 2.22. The summed E-state index contributed by atoms with van der Waals surface area (Å²) in [5.74, 6) is -0.402. The molecule has 7 heteroatoms. The molecule has 0 saturated carbocycles. The molecule has 0 spiro atoms. The second-order valence-corrected chi connectivity index (χ2v) is 8.75. The maximum atomic E-state index is 12.6. The molecule has 1 aliphatic rings.